The van der Waals surface area contributed by atoms with Crippen molar-refractivity contribution in [1.82, 2.24) is 4.90 Å². The Morgan fingerprint density at radius 2 is 2.30 bits per heavy atom. The van der Waals surface area contributed by atoms with Gasteiger partial charge in [0.2, 0.25) is 6.41 Å². The van der Waals surface area contributed by atoms with Crippen LogP contribution in [0.5, 0.6) is 0 Å². The molecular weight excluding hydrogens is 150 g/mol. The molecule has 0 radical (unpaired) electrons. The van der Waals surface area contributed by atoms with E-state index in [1.54, 1.807) is 23.7 Å². The van der Waals surface area contributed by atoms with Gasteiger partial charge in [0.25, 0.3) is 0 Å². The van der Waals surface area contributed by atoms with E-state index in [-0.39, 0.29) is 6.61 Å². The molecule has 0 aliphatic carbocycles. The normalized spacial score (nSPS) is 9.40. The molecule has 0 atom stereocenters. The van der Waals surface area contributed by atoms with Crippen molar-refractivity contribution in [2.75, 3.05) is 31.7 Å². The number of aliphatic hydroxyl groups is 1. The van der Waals surface area contributed by atoms with Crippen LogP contribution in [0, 0.1) is 0 Å². The monoisotopic (exact) mass is 163 g/mol. The van der Waals surface area contributed by atoms with Crippen LogP contribution in [0.3, 0.4) is 0 Å². The number of hydrogen-bond acceptors (Lipinski definition) is 3. The lowest BCUT2D eigenvalue weighted by molar-refractivity contribution is -0.116. The summed E-state index contributed by atoms with van der Waals surface area (Å²) in [6, 6.07) is 0. The van der Waals surface area contributed by atoms with E-state index in [0.717, 1.165) is 24.5 Å². The Balaban J connectivity index is 2.95. The smallest absolute Gasteiger partial charge is 0.209 e. The quantitative estimate of drug-likeness (QED) is 0.435. The highest BCUT2D eigenvalue weighted by molar-refractivity contribution is 7.99. The van der Waals surface area contributed by atoms with Crippen LogP contribution in [0.15, 0.2) is 0 Å². The first-order chi connectivity index (χ1) is 4.81. The van der Waals surface area contributed by atoms with Crippen LogP contribution in [0.25, 0.3) is 0 Å². The molecular formula is C6H13NO2S. The molecule has 0 rings (SSSR count). The Hall–Kier alpha value is -0.220. The van der Waals surface area contributed by atoms with Gasteiger partial charge in [0.1, 0.15) is 0 Å². The van der Waals surface area contributed by atoms with E-state index in [9.17, 15) is 4.79 Å². The van der Waals surface area contributed by atoms with Gasteiger partial charge in [-0.25, -0.2) is 0 Å². The summed E-state index contributed by atoms with van der Waals surface area (Å²) < 4.78 is 0. The molecule has 0 aromatic rings. The van der Waals surface area contributed by atoms with E-state index in [4.69, 9.17) is 5.11 Å². The fourth-order valence-corrected chi connectivity index (χ4v) is 1.18. The number of rotatable bonds is 6. The number of aliphatic hydroxyl groups excluding tert-OH is 1. The van der Waals surface area contributed by atoms with Crippen LogP contribution < -0.4 is 0 Å². The van der Waals surface area contributed by atoms with Crippen LogP contribution in [0.4, 0.5) is 0 Å². The van der Waals surface area contributed by atoms with Crippen LogP contribution in [0.2, 0.25) is 0 Å². The van der Waals surface area contributed by atoms with Gasteiger partial charge in [-0.15, -0.1) is 0 Å². The van der Waals surface area contributed by atoms with Gasteiger partial charge in [-0.3, -0.25) is 4.79 Å². The predicted molar refractivity (Wildman–Crippen MR) is 43.1 cm³/mol. The minimum atomic E-state index is 0.218. The highest BCUT2D eigenvalue weighted by Crippen LogP contribution is 1.97. The number of amides is 1. The zero-order chi connectivity index (χ0) is 7.82. The Labute approximate surface area is 65.4 Å². The third-order valence-corrected chi connectivity index (χ3v) is 1.95. The van der Waals surface area contributed by atoms with E-state index in [0.29, 0.717) is 0 Å². The molecule has 3 nitrogen and oxygen atoms in total. The second-order valence-corrected chi connectivity index (χ2v) is 3.15. The summed E-state index contributed by atoms with van der Waals surface area (Å²) >= 11 is 1.65. The first-order valence-electron chi connectivity index (χ1n) is 3.15. The molecule has 0 saturated heterocycles. The summed E-state index contributed by atoms with van der Waals surface area (Å²) in [7, 11) is 1.74. The molecule has 0 aromatic heterocycles. The third-order valence-electron chi connectivity index (χ3n) is 1.00. The van der Waals surface area contributed by atoms with Crippen LogP contribution >= 0.6 is 11.8 Å². The lowest BCUT2D eigenvalue weighted by atomic mass is 10.7. The van der Waals surface area contributed by atoms with Crippen molar-refractivity contribution in [2.24, 2.45) is 0 Å². The average Bonchev–Trinajstić information content (AvgIpc) is 1.98. The minimum Gasteiger partial charge on any atom is -0.396 e. The molecule has 1 N–H and O–H groups in total. The lowest BCUT2D eigenvalue weighted by Crippen LogP contribution is -2.18. The highest BCUT2D eigenvalue weighted by atomic mass is 32.2. The zero-order valence-corrected chi connectivity index (χ0v) is 6.93. The number of nitrogens with zero attached hydrogens (tertiary/aromatic N) is 1. The van der Waals surface area contributed by atoms with Crippen molar-refractivity contribution in [3.8, 4) is 0 Å². The summed E-state index contributed by atoms with van der Waals surface area (Å²) in [4.78, 5) is 11.6. The average molecular weight is 163 g/mol. The second kappa shape index (κ2) is 6.89. The van der Waals surface area contributed by atoms with Crippen molar-refractivity contribution < 1.29 is 9.90 Å². The van der Waals surface area contributed by atoms with Gasteiger partial charge in [-0.05, 0) is 0 Å². The number of hydrogen-bond donors (Lipinski definition) is 1. The van der Waals surface area contributed by atoms with E-state index < -0.39 is 0 Å². The molecule has 4 heteroatoms. The largest absolute Gasteiger partial charge is 0.396 e. The van der Waals surface area contributed by atoms with E-state index in [2.05, 4.69) is 0 Å². The number of thioether (sulfide) groups is 1. The van der Waals surface area contributed by atoms with Gasteiger partial charge in [0.05, 0.1) is 6.61 Å². The van der Waals surface area contributed by atoms with Gasteiger partial charge in [-0.2, -0.15) is 11.8 Å². The van der Waals surface area contributed by atoms with Crippen LogP contribution in [-0.2, 0) is 4.79 Å². The fraction of sp³-hybridized carbons (Fsp3) is 0.833. The van der Waals surface area contributed by atoms with Crippen molar-refractivity contribution >= 4 is 18.2 Å². The molecule has 0 aliphatic heterocycles. The lowest BCUT2D eigenvalue weighted by Gasteiger charge is -2.08. The molecule has 60 valence electrons. The molecule has 0 heterocycles. The summed E-state index contributed by atoms with van der Waals surface area (Å²) in [6.45, 7) is 0.976. The molecule has 0 bridgehead atoms. The molecule has 0 spiro atoms. The van der Waals surface area contributed by atoms with Crippen molar-refractivity contribution in [1.29, 1.82) is 0 Å². The van der Waals surface area contributed by atoms with Gasteiger partial charge in [-0.1, -0.05) is 0 Å². The molecule has 0 unspecified atom stereocenters. The predicted octanol–water partition coefficient (Wildman–Crippen LogP) is -0.200. The van der Waals surface area contributed by atoms with Gasteiger partial charge in [0.15, 0.2) is 0 Å². The number of carbonyl (C=O) groups excluding carboxylic acids is 1. The Morgan fingerprint density at radius 1 is 1.60 bits per heavy atom. The molecule has 0 saturated carbocycles. The maximum atomic E-state index is 10.0. The van der Waals surface area contributed by atoms with Crippen LogP contribution in [0.1, 0.15) is 0 Å². The van der Waals surface area contributed by atoms with Crippen LogP contribution in [-0.4, -0.2) is 48.1 Å². The summed E-state index contributed by atoms with van der Waals surface area (Å²) in [5.74, 6) is 1.66. The fourth-order valence-electron chi connectivity index (χ4n) is 0.428. The minimum absolute atomic E-state index is 0.218. The second-order valence-electron chi connectivity index (χ2n) is 1.92. The molecule has 0 aromatic carbocycles. The molecule has 0 aliphatic rings. The van der Waals surface area contributed by atoms with E-state index >= 15 is 0 Å². The van der Waals surface area contributed by atoms with E-state index in [1.165, 1.54) is 0 Å². The zero-order valence-electron chi connectivity index (χ0n) is 6.12. The summed E-state index contributed by atoms with van der Waals surface area (Å²) in [5, 5.41) is 8.38. The Kier molecular flexibility index (Phi) is 6.74. The third kappa shape index (κ3) is 5.91. The maximum Gasteiger partial charge on any atom is 0.209 e. The Morgan fingerprint density at radius 3 is 2.80 bits per heavy atom. The first-order valence-corrected chi connectivity index (χ1v) is 4.31. The standard InChI is InChI=1S/C6H13NO2S/c1-7(6-9)2-4-10-5-3-8/h6,8H,2-5H2,1H3. The summed E-state index contributed by atoms with van der Waals surface area (Å²) in [6.07, 6.45) is 0.805. The van der Waals surface area contributed by atoms with Crippen molar-refractivity contribution in [3.05, 3.63) is 0 Å². The molecule has 10 heavy (non-hydrogen) atoms. The highest BCUT2D eigenvalue weighted by Gasteiger charge is 1.91. The van der Waals surface area contributed by atoms with Gasteiger partial charge in [0, 0.05) is 25.1 Å². The summed E-state index contributed by atoms with van der Waals surface area (Å²) in [5.41, 5.74) is 0. The topological polar surface area (TPSA) is 40.5 Å². The molecule has 1 amide bonds. The molecule has 0 fully saturated rings. The maximum absolute atomic E-state index is 10.0. The van der Waals surface area contributed by atoms with Crippen molar-refractivity contribution in [2.45, 2.75) is 0 Å². The number of carbonyl (C=O) groups is 1. The van der Waals surface area contributed by atoms with E-state index in [1.807, 2.05) is 0 Å². The van der Waals surface area contributed by atoms with Crippen molar-refractivity contribution in [3.63, 3.8) is 0 Å². The SMILES string of the molecule is CN(C=O)CCSCCO. The van der Waals surface area contributed by atoms with Gasteiger partial charge >= 0.3 is 0 Å². The van der Waals surface area contributed by atoms with Gasteiger partial charge < -0.3 is 10.0 Å². The Bertz CT molecular complexity index is 89.8. The first kappa shape index (κ1) is 9.78.